The molecule has 0 aromatic heterocycles. The molecule has 0 aliphatic carbocycles. The number of likely N-dealkylation sites (N-methyl/N-ethyl adjacent to an activating group) is 1. The van der Waals surface area contributed by atoms with E-state index in [0.717, 1.165) is 52.0 Å². The Bertz CT molecular complexity index is 227. The summed E-state index contributed by atoms with van der Waals surface area (Å²) < 4.78 is 5.34. The van der Waals surface area contributed by atoms with Crippen molar-refractivity contribution in [2.45, 2.75) is 45.6 Å². The average Bonchev–Trinajstić information content (AvgIpc) is 2.84. The first-order valence-electron chi connectivity index (χ1n) is 6.81. The Balaban J connectivity index is 2.39. The van der Waals surface area contributed by atoms with Gasteiger partial charge < -0.3 is 15.4 Å². The van der Waals surface area contributed by atoms with E-state index < -0.39 is 0 Å². The molecule has 4 heteroatoms. The van der Waals surface area contributed by atoms with E-state index >= 15 is 0 Å². The number of nitrogens with two attached hydrogens (primary N) is 1. The zero-order chi connectivity index (χ0) is 12.7. The van der Waals surface area contributed by atoms with Gasteiger partial charge in [0.05, 0.1) is 12.6 Å². The van der Waals surface area contributed by atoms with Crippen molar-refractivity contribution in [1.82, 2.24) is 4.90 Å². The molecule has 1 rings (SSSR count). The van der Waals surface area contributed by atoms with Crippen molar-refractivity contribution >= 4 is 5.91 Å². The van der Waals surface area contributed by atoms with Crippen LogP contribution in [-0.4, -0.2) is 43.2 Å². The highest BCUT2D eigenvalue weighted by Gasteiger charge is 2.24. The summed E-state index contributed by atoms with van der Waals surface area (Å²) in [6, 6.07) is -0.322. The molecule has 0 aromatic rings. The summed E-state index contributed by atoms with van der Waals surface area (Å²) in [5, 5.41) is 0. The van der Waals surface area contributed by atoms with Crippen LogP contribution in [0, 0.1) is 5.92 Å². The summed E-state index contributed by atoms with van der Waals surface area (Å²) in [5.74, 6) is 0.602. The molecule has 2 unspecified atom stereocenters. The van der Waals surface area contributed by atoms with E-state index in [4.69, 9.17) is 10.5 Å². The van der Waals surface area contributed by atoms with Gasteiger partial charge in [0, 0.05) is 25.6 Å². The first-order valence-corrected chi connectivity index (χ1v) is 6.81. The molecule has 4 nitrogen and oxygen atoms in total. The molecular weight excluding hydrogens is 216 g/mol. The lowest BCUT2D eigenvalue weighted by molar-refractivity contribution is -0.133. The van der Waals surface area contributed by atoms with E-state index in [-0.39, 0.29) is 11.9 Å². The zero-order valence-electron chi connectivity index (χ0n) is 11.2. The van der Waals surface area contributed by atoms with Crippen molar-refractivity contribution in [2.24, 2.45) is 11.7 Å². The second-order valence-corrected chi connectivity index (χ2v) is 4.86. The number of unbranched alkanes of at least 4 members (excludes halogenated alkanes) is 1. The van der Waals surface area contributed by atoms with Crippen LogP contribution < -0.4 is 5.73 Å². The first kappa shape index (κ1) is 14.5. The molecule has 17 heavy (non-hydrogen) atoms. The molecule has 0 radical (unpaired) electrons. The highest BCUT2D eigenvalue weighted by molar-refractivity contribution is 5.81. The quantitative estimate of drug-likeness (QED) is 0.734. The van der Waals surface area contributed by atoms with Crippen molar-refractivity contribution in [2.75, 3.05) is 26.3 Å². The largest absolute Gasteiger partial charge is 0.381 e. The Morgan fingerprint density at radius 1 is 1.53 bits per heavy atom. The summed E-state index contributed by atoms with van der Waals surface area (Å²) in [6.07, 6.45) is 3.97. The number of amides is 1. The van der Waals surface area contributed by atoms with Gasteiger partial charge in [0.25, 0.3) is 0 Å². The highest BCUT2D eigenvalue weighted by Crippen LogP contribution is 2.14. The lowest BCUT2D eigenvalue weighted by atomic mass is 10.1. The first-order chi connectivity index (χ1) is 8.19. The van der Waals surface area contributed by atoms with Crippen LogP contribution in [0.15, 0.2) is 0 Å². The maximum absolute atomic E-state index is 12.1. The fraction of sp³-hybridized carbons (Fsp3) is 0.923. The lowest BCUT2D eigenvalue weighted by Crippen LogP contribution is -2.45. The minimum absolute atomic E-state index is 0.104. The number of ether oxygens (including phenoxy) is 1. The molecule has 1 heterocycles. The Morgan fingerprint density at radius 3 is 2.82 bits per heavy atom. The molecular formula is C13H26N2O2. The summed E-state index contributed by atoms with van der Waals surface area (Å²) >= 11 is 0. The van der Waals surface area contributed by atoms with Crippen molar-refractivity contribution in [3.8, 4) is 0 Å². The molecule has 0 saturated carbocycles. The van der Waals surface area contributed by atoms with Crippen LogP contribution in [0.3, 0.4) is 0 Å². The fourth-order valence-electron chi connectivity index (χ4n) is 2.20. The van der Waals surface area contributed by atoms with Gasteiger partial charge in [-0.3, -0.25) is 4.79 Å². The van der Waals surface area contributed by atoms with Crippen LogP contribution in [-0.2, 0) is 9.53 Å². The smallest absolute Gasteiger partial charge is 0.239 e. The number of nitrogens with zero attached hydrogens (tertiary/aromatic N) is 1. The van der Waals surface area contributed by atoms with E-state index in [0.29, 0.717) is 5.92 Å². The number of rotatable bonds is 7. The summed E-state index contributed by atoms with van der Waals surface area (Å²) in [6.45, 7) is 7.29. The minimum Gasteiger partial charge on any atom is -0.381 e. The fourth-order valence-corrected chi connectivity index (χ4v) is 2.20. The normalized spacial score (nSPS) is 21.5. The maximum atomic E-state index is 12.1. The Morgan fingerprint density at radius 2 is 2.29 bits per heavy atom. The molecule has 2 N–H and O–H groups in total. The third kappa shape index (κ3) is 4.64. The van der Waals surface area contributed by atoms with Crippen LogP contribution in [0.1, 0.15) is 39.5 Å². The number of carbonyl (C=O) groups excluding carboxylic acids is 1. The van der Waals surface area contributed by atoms with Gasteiger partial charge in [-0.25, -0.2) is 0 Å². The predicted octanol–water partition coefficient (Wildman–Crippen LogP) is 1.39. The van der Waals surface area contributed by atoms with E-state index in [1.165, 1.54) is 0 Å². The molecule has 1 amide bonds. The van der Waals surface area contributed by atoms with Crippen molar-refractivity contribution in [3.63, 3.8) is 0 Å². The molecule has 1 fully saturated rings. The summed E-state index contributed by atoms with van der Waals surface area (Å²) in [5.41, 5.74) is 5.93. The van der Waals surface area contributed by atoms with Crippen molar-refractivity contribution in [3.05, 3.63) is 0 Å². The molecule has 1 aliphatic heterocycles. The summed E-state index contributed by atoms with van der Waals surface area (Å²) in [7, 11) is 0. The minimum atomic E-state index is -0.322. The van der Waals surface area contributed by atoms with Gasteiger partial charge in [-0.2, -0.15) is 0 Å². The van der Waals surface area contributed by atoms with Crippen LogP contribution >= 0.6 is 0 Å². The Kier molecular flexibility index (Phi) is 6.52. The van der Waals surface area contributed by atoms with Gasteiger partial charge >= 0.3 is 0 Å². The van der Waals surface area contributed by atoms with Gasteiger partial charge in [0.2, 0.25) is 5.91 Å². The van der Waals surface area contributed by atoms with Crippen LogP contribution in [0.25, 0.3) is 0 Å². The van der Waals surface area contributed by atoms with Gasteiger partial charge in [-0.1, -0.05) is 19.8 Å². The molecule has 1 aliphatic rings. The molecule has 0 bridgehead atoms. The van der Waals surface area contributed by atoms with Crippen LogP contribution in [0.2, 0.25) is 0 Å². The SMILES string of the molecule is CCCCC(N)C(=O)N(CC)CC1CCOC1. The second-order valence-electron chi connectivity index (χ2n) is 4.86. The Hall–Kier alpha value is -0.610. The Labute approximate surface area is 104 Å². The van der Waals surface area contributed by atoms with Gasteiger partial charge in [-0.05, 0) is 19.8 Å². The molecule has 0 aromatic carbocycles. The molecule has 1 saturated heterocycles. The standard InChI is InChI=1S/C13H26N2O2/c1-3-5-6-12(14)13(16)15(4-2)9-11-7-8-17-10-11/h11-12H,3-10,14H2,1-2H3. The molecule has 0 spiro atoms. The van der Waals surface area contributed by atoms with E-state index in [9.17, 15) is 4.79 Å². The van der Waals surface area contributed by atoms with E-state index in [2.05, 4.69) is 6.92 Å². The van der Waals surface area contributed by atoms with Gasteiger partial charge in [0.15, 0.2) is 0 Å². The monoisotopic (exact) mass is 242 g/mol. The van der Waals surface area contributed by atoms with Crippen molar-refractivity contribution < 1.29 is 9.53 Å². The number of carbonyl (C=O) groups is 1. The van der Waals surface area contributed by atoms with Gasteiger partial charge in [0.1, 0.15) is 0 Å². The highest BCUT2D eigenvalue weighted by atomic mass is 16.5. The van der Waals surface area contributed by atoms with Crippen LogP contribution in [0.5, 0.6) is 0 Å². The summed E-state index contributed by atoms with van der Waals surface area (Å²) in [4.78, 5) is 14.0. The van der Waals surface area contributed by atoms with Gasteiger partial charge in [-0.15, -0.1) is 0 Å². The van der Waals surface area contributed by atoms with Crippen molar-refractivity contribution in [1.29, 1.82) is 0 Å². The predicted molar refractivity (Wildman–Crippen MR) is 68.7 cm³/mol. The average molecular weight is 242 g/mol. The third-order valence-corrected chi connectivity index (χ3v) is 3.38. The lowest BCUT2D eigenvalue weighted by Gasteiger charge is -2.26. The molecule has 100 valence electrons. The second kappa shape index (κ2) is 7.67. The zero-order valence-corrected chi connectivity index (χ0v) is 11.2. The molecule has 2 atom stereocenters. The van der Waals surface area contributed by atoms with E-state index in [1.54, 1.807) is 0 Å². The number of hydrogen-bond acceptors (Lipinski definition) is 3. The van der Waals surface area contributed by atoms with Crippen LogP contribution in [0.4, 0.5) is 0 Å². The number of hydrogen-bond donors (Lipinski definition) is 1. The van der Waals surface area contributed by atoms with E-state index in [1.807, 2.05) is 11.8 Å². The topological polar surface area (TPSA) is 55.6 Å². The maximum Gasteiger partial charge on any atom is 0.239 e. The third-order valence-electron chi connectivity index (χ3n) is 3.38.